The number of likely N-dealkylation sites (tertiary alicyclic amines) is 1. The molecule has 1 aromatic heterocycles. The van der Waals surface area contributed by atoms with Crippen LogP contribution in [0.25, 0.3) is 0 Å². The van der Waals surface area contributed by atoms with Gasteiger partial charge in [-0.05, 0) is 25.0 Å². The fraction of sp³-hybridized carbons (Fsp3) is 0.417. The van der Waals surface area contributed by atoms with Crippen molar-refractivity contribution in [2.24, 2.45) is 0 Å². The van der Waals surface area contributed by atoms with Crippen molar-refractivity contribution in [1.82, 2.24) is 9.88 Å². The summed E-state index contributed by atoms with van der Waals surface area (Å²) in [5, 5.41) is 9.07. The number of carboxylic acid groups (broad SMARTS) is 1. The number of hydrogen-bond acceptors (Lipinski definition) is 4. The molecule has 2 rings (SSSR count). The van der Waals surface area contributed by atoms with E-state index in [9.17, 15) is 9.59 Å². The highest BCUT2D eigenvalue weighted by atomic mass is 16.5. The quantitative estimate of drug-likeness (QED) is 0.857. The lowest BCUT2D eigenvalue weighted by molar-refractivity contribution is -0.141. The van der Waals surface area contributed by atoms with Crippen LogP contribution in [0.4, 0.5) is 0 Å². The first kappa shape index (κ1) is 12.3. The molecule has 96 valence electrons. The topological polar surface area (TPSA) is 79.7 Å². The maximum absolute atomic E-state index is 12.3. The van der Waals surface area contributed by atoms with Crippen LogP contribution in [0.5, 0.6) is 5.88 Å². The molecule has 0 unspecified atom stereocenters. The van der Waals surface area contributed by atoms with Crippen LogP contribution >= 0.6 is 0 Å². The van der Waals surface area contributed by atoms with Gasteiger partial charge in [0.25, 0.3) is 5.91 Å². The van der Waals surface area contributed by atoms with Gasteiger partial charge < -0.3 is 14.7 Å². The molecule has 0 aliphatic carbocycles. The van der Waals surface area contributed by atoms with Gasteiger partial charge in [-0.2, -0.15) is 0 Å². The van der Waals surface area contributed by atoms with Crippen LogP contribution in [-0.2, 0) is 4.79 Å². The normalized spacial score (nSPS) is 18.7. The molecule has 0 aromatic carbocycles. The van der Waals surface area contributed by atoms with Crippen LogP contribution in [0.3, 0.4) is 0 Å². The van der Waals surface area contributed by atoms with Crippen LogP contribution in [-0.4, -0.2) is 46.6 Å². The molecule has 6 heteroatoms. The third-order valence-corrected chi connectivity index (χ3v) is 2.99. The largest absolute Gasteiger partial charge is 0.480 e. The summed E-state index contributed by atoms with van der Waals surface area (Å²) >= 11 is 0. The van der Waals surface area contributed by atoms with Gasteiger partial charge in [0.2, 0.25) is 5.88 Å². The zero-order valence-corrected chi connectivity index (χ0v) is 10.00. The Labute approximate surface area is 104 Å². The Balaban J connectivity index is 2.28. The van der Waals surface area contributed by atoms with E-state index in [1.807, 2.05) is 0 Å². The lowest BCUT2D eigenvalue weighted by atomic mass is 10.2. The van der Waals surface area contributed by atoms with E-state index in [0.29, 0.717) is 24.9 Å². The molecule has 1 amide bonds. The van der Waals surface area contributed by atoms with Gasteiger partial charge >= 0.3 is 5.97 Å². The van der Waals surface area contributed by atoms with E-state index in [-0.39, 0.29) is 11.8 Å². The first-order chi connectivity index (χ1) is 8.65. The number of pyridine rings is 1. The third kappa shape index (κ3) is 2.13. The number of aromatic nitrogens is 1. The summed E-state index contributed by atoms with van der Waals surface area (Å²) in [6.45, 7) is 0.452. The van der Waals surface area contributed by atoms with Crippen molar-refractivity contribution < 1.29 is 19.4 Å². The van der Waals surface area contributed by atoms with E-state index in [1.54, 1.807) is 12.1 Å². The SMILES string of the molecule is COc1ncccc1C(=O)N1CCC[C@H]1C(=O)O. The van der Waals surface area contributed by atoms with Crippen LogP contribution in [0, 0.1) is 0 Å². The maximum Gasteiger partial charge on any atom is 0.326 e. The molecule has 0 spiro atoms. The molecular formula is C12H14N2O4. The molecule has 1 aliphatic rings. The Bertz CT molecular complexity index is 475. The van der Waals surface area contributed by atoms with Gasteiger partial charge in [0.05, 0.1) is 7.11 Å². The second-order valence-corrected chi connectivity index (χ2v) is 4.06. The Morgan fingerprint density at radius 3 is 3.00 bits per heavy atom. The number of rotatable bonds is 3. The maximum atomic E-state index is 12.3. The molecule has 0 saturated carbocycles. The zero-order chi connectivity index (χ0) is 13.1. The fourth-order valence-electron chi connectivity index (χ4n) is 2.14. The van der Waals surface area contributed by atoms with Crippen molar-refractivity contribution >= 4 is 11.9 Å². The van der Waals surface area contributed by atoms with Gasteiger partial charge in [-0.25, -0.2) is 9.78 Å². The van der Waals surface area contributed by atoms with E-state index in [2.05, 4.69) is 4.98 Å². The van der Waals surface area contributed by atoms with Gasteiger partial charge in [0, 0.05) is 12.7 Å². The highest BCUT2D eigenvalue weighted by Crippen LogP contribution is 2.23. The molecule has 2 heterocycles. The van der Waals surface area contributed by atoms with Crippen LogP contribution in [0.1, 0.15) is 23.2 Å². The van der Waals surface area contributed by atoms with Crippen molar-refractivity contribution in [3.8, 4) is 5.88 Å². The minimum absolute atomic E-state index is 0.221. The Kier molecular flexibility index (Phi) is 3.45. The number of nitrogens with zero attached hydrogens (tertiary/aromatic N) is 2. The minimum atomic E-state index is -0.969. The van der Waals surface area contributed by atoms with Gasteiger partial charge in [-0.3, -0.25) is 4.79 Å². The van der Waals surface area contributed by atoms with E-state index in [1.165, 1.54) is 18.2 Å². The molecule has 1 fully saturated rings. The Morgan fingerprint density at radius 1 is 1.56 bits per heavy atom. The highest BCUT2D eigenvalue weighted by molar-refractivity contribution is 5.98. The predicted molar refractivity (Wildman–Crippen MR) is 62.5 cm³/mol. The monoisotopic (exact) mass is 250 g/mol. The average molecular weight is 250 g/mol. The molecule has 1 N–H and O–H groups in total. The van der Waals surface area contributed by atoms with Crippen molar-refractivity contribution in [3.63, 3.8) is 0 Å². The van der Waals surface area contributed by atoms with E-state index in [0.717, 1.165) is 0 Å². The summed E-state index contributed by atoms with van der Waals surface area (Å²) in [5.74, 6) is -1.09. The summed E-state index contributed by atoms with van der Waals surface area (Å²) in [7, 11) is 1.43. The average Bonchev–Trinajstić information content (AvgIpc) is 2.87. The summed E-state index contributed by atoms with van der Waals surface area (Å²) in [6.07, 6.45) is 2.71. The Hall–Kier alpha value is -2.11. The van der Waals surface area contributed by atoms with Gasteiger partial charge in [-0.1, -0.05) is 0 Å². The lowest BCUT2D eigenvalue weighted by Crippen LogP contribution is -2.40. The highest BCUT2D eigenvalue weighted by Gasteiger charge is 2.35. The molecular weight excluding hydrogens is 236 g/mol. The number of aliphatic carboxylic acids is 1. The molecule has 0 bridgehead atoms. The summed E-state index contributed by atoms with van der Waals surface area (Å²) in [6, 6.07) is 2.47. The lowest BCUT2D eigenvalue weighted by Gasteiger charge is -2.21. The number of ether oxygens (including phenoxy) is 1. The first-order valence-corrected chi connectivity index (χ1v) is 5.68. The summed E-state index contributed by atoms with van der Waals surface area (Å²) in [4.78, 5) is 28.7. The molecule has 1 aromatic rings. The number of carbonyl (C=O) groups excluding carboxylic acids is 1. The number of amides is 1. The predicted octanol–water partition coefficient (Wildman–Crippen LogP) is 0.779. The van der Waals surface area contributed by atoms with E-state index in [4.69, 9.17) is 9.84 Å². The standard InChI is InChI=1S/C12H14N2O4/c1-18-10-8(4-2-6-13-10)11(15)14-7-3-5-9(14)12(16)17/h2,4,6,9H,3,5,7H2,1H3,(H,16,17)/t9-/m0/s1. The van der Waals surface area contributed by atoms with Crippen molar-refractivity contribution in [1.29, 1.82) is 0 Å². The zero-order valence-electron chi connectivity index (χ0n) is 10.00. The van der Waals surface area contributed by atoms with Gasteiger partial charge in [0.15, 0.2) is 0 Å². The van der Waals surface area contributed by atoms with Gasteiger partial charge in [0.1, 0.15) is 11.6 Å². The number of carboxylic acids is 1. The Morgan fingerprint density at radius 2 is 2.33 bits per heavy atom. The van der Waals surface area contributed by atoms with Crippen molar-refractivity contribution in [2.45, 2.75) is 18.9 Å². The van der Waals surface area contributed by atoms with Crippen LogP contribution < -0.4 is 4.74 Å². The van der Waals surface area contributed by atoms with Crippen LogP contribution in [0.15, 0.2) is 18.3 Å². The molecule has 6 nitrogen and oxygen atoms in total. The van der Waals surface area contributed by atoms with Crippen molar-refractivity contribution in [2.75, 3.05) is 13.7 Å². The second-order valence-electron chi connectivity index (χ2n) is 4.06. The fourth-order valence-corrected chi connectivity index (χ4v) is 2.14. The van der Waals surface area contributed by atoms with Crippen LogP contribution in [0.2, 0.25) is 0 Å². The molecule has 1 atom stereocenters. The molecule has 1 aliphatic heterocycles. The first-order valence-electron chi connectivity index (χ1n) is 5.68. The molecule has 18 heavy (non-hydrogen) atoms. The molecule has 1 saturated heterocycles. The number of carbonyl (C=O) groups is 2. The number of hydrogen-bond donors (Lipinski definition) is 1. The third-order valence-electron chi connectivity index (χ3n) is 2.99. The van der Waals surface area contributed by atoms with E-state index < -0.39 is 12.0 Å². The molecule has 0 radical (unpaired) electrons. The number of methoxy groups -OCH3 is 1. The van der Waals surface area contributed by atoms with E-state index >= 15 is 0 Å². The van der Waals surface area contributed by atoms with Gasteiger partial charge in [-0.15, -0.1) is 0 Å². The second kappa shape index (κ2) is 5.03. The smallest absolute Gasteiger partial charge is 0.326 e. The van der Waals surface area contributed by atoms with Crippen molar-refractivity contribution in [3.05, 3.63) is 23.9 Å². The summed E-state index contributed by atoms with van der Waals surface area (Å²) < 4.78 is 5.02. The minimum Gasteiger partial charge on any atom is -0.480 e. The summed E-state index contributed by atoms with van der Waals surface area (Å²) in [5.41, 5.74) is 0.299.